The Kier molecular flexibility index (Phi) is 9.86. The quantitative estimate of drug-likeness (QED) is 0.457. The van der Waals surface area contributed by atoms with Crippen molar-refractivity contribution < 1.29 is 13.3 Å². The second-order valence-electron chi connectivity index (χ2n) is 4.07. The van der Waals surface area contributed by atoms with Gasteiger partial charge >= 0.3 is 8.80 Å². The highest BCUT2D eigenvalue weighted by Gasteiger charge is 2.40. The Bertz CT molecular complexity index is 177. The van der Waals surface area contributed by atoms with Crippen molar-refractivity contribution in [2.75, 3.05) is 19.8 Å². The number of alkyl halides is 1. The van der Waals surface area contributed by atoms with Crippen LogP contribution in [0.25, 0.3) is 0 Å². The van der Waals surface area contributed by atoms with Crippen LogP contribution in [0.4, 0.5) is 0 Å². The maximum atomic E-state index is 6.32. The molecule has 0 aliphatic carbocycles. The first-order chi connectivity index (χ1) is 8.01. The molecule has 1 unspecified atom stereocenters. The van der Waals surface area contributed by atoms with Crippen LogP contribution >= 0.6 is 11.6 Å². The zero-order chi connectivity index (χ0) is 13.3. The minimum absolute atomic E-state index is 0.258. The van der Waals surface area contributed by atoms with Gasteiger partial charge in [-0.25, -0.2) is 0 Å². The summed E-state index contributed by atoms with van der Waals surface area (Å²) >= 11 is 6.32. The molecule has 17 heavy (non-hydrogen) atoms. The van der Waals surface area contributed by atoms with Crippen molar-refractivity contribution in [3.63, 3.8) is 0 Å². The molecule has 0 spiro atoms. The van der Waals surface area contributed by atoms with Gasteiger partial charge in [-0.3, -0.25) is 0 Å². The summed E-state index contributed by atoms with van der Waals surface area (Å²) in [6.07, 6.45) is 0.926. The lowest BCUT2D eigenvalue weighted by atomic mass is 10.6. The molecule has 0 aliphatic heterocycles. The summed E-state index contributed by atoms with van der Waals surface area (Å²) in [6, 6.07) is 0.826. The molecular formula is C11H26ClO3Si2. The van der Waals surface area contributed by atoms with Crippen molar-refractivity contribution in [2.24, 2.45) is 0 Å². The number of rotatable bonds is 10. The van der Waals surface area contributed by atoms with E-state index in [0.29, 0.717) is 19.8 Å². The molecule has 3 nitrogen and oxygen atoms in total. The van der Waals surface area contributed by atoms with Crippen LogP contribution < -0.4 is 0 Å². The molecule has 0 aliphatic rings. The standard InChI is InChI=1S/C11H26ClO3Si2/c1-6-13-17(14-7-2,15-8-3)10-9-11(12)16(4)5/h11H,6-10H2,1-5H3. The fraction of sp³-hybridized carbons (Fsp3) is 1.00. The Balaban J connectivity index is 4.42. The SMILES string of the molecule is CCO[Si](CCC(Cl)[Si](C)C)(OCC)OCC. The van der Waals surface area contributed by atoms with Crippen LogP contribution in [0.3, 0.4) is 0 Å². The van der Waals surface area contributed by atoms with Gasteiger partial charge < -0.3 is 13.3 Å². The number of hydrogen-bond acceptors (Lipinski definition) is 3. The van der Waals surface area contributed by atoms with Gasteiger partial charge in [0, 0.05) is 30.9 Å². The maximum absolute atomic E-state index is 6.32. The fourth-order valence-electron chi connectivity index (χ4n) is 1.59. The third-order valence-electron chi connectivity index (χ3n) is 2.42. The molecule has 0 saturated carbocycles. The Morgan fingerprint density at radius 3 is 1.71 bits per heavy atom. The lowest BCUT2D eigenvalue weighted by molar-refractivity contribution is 0.0710. The van der Waals surface area contributed by atoms with Crippen LogP contribution in [0.15, 0.2) is 0 Å². The molecule has 0 amide bonds. The van der Waals surface area contributed by atoms with Crippen molar-refractivity contribution in [3.8, 4) is 0 Å². The molecule has 1 atom stereocenters. The monoisotopic (exact) mass is 297 g/mol. The molecule has 0 fully saturated rings. The summed E-state index contributed by atoms with van der Waals surface area (Å²) in [6.45, 7) is 12.3. The van der Waals surface area contributed by atoms with E-state index in [2.05, 4.69) is 13.1 Å². The predicted molar refractivity (Wildman–Crippen MR) is 77.2 cm³/mol. The summed E-state index contributed by atoms with van der Waals surface area (Å²) in [5.74, 6) is 0. The zero-order valence-corrected chi connectivity index (χ0v) is 14.5. The lowest BCUT2D eigenvalue weighted by Gasteiger charge is -2.29. The highest BCUT2D eigenvalue weighted by Crippen LogP contribution is 2.22. The molecule has 0 aromatic heterocycles. The molecule has 1 radical (unpaired) electrons. The van der Waals surface area contributed by atoms with E-state index in [1.165, 1.54) is 0 Å². The van der Waals surface area contributed by atoms with Gasteiger partial charge in [-0.15, -0.1) is 11.6 Å². The van der Waals surface area contributed by atoms with Gasteiger partial charge in [0.25, 0.3) is 0 Å². The molecular weight excluding hydrogens is 272 g/mol. The third-order valence-corrected chi connectivity index (χ3v) is 8.58. The molecule has 0 aromatic rings. The van der Waals surface area contributed by atoms with Gasteiger partial charge in [0.15, 0.2) is 0 Å². The van der Waals surface area contributed by atoms with Gasteiger partial charge in [-0.05, 0) is 27.2 Å². The van der Waals surface area contributed by atoms with E-state index in [9.17, 15) is 0 Å². The maximum Gasteiger partial charge on any atom is 0.500 e. The van der Waals surface area contributed by atoms with E-state index in [1.54, 1.807) is 0 Å². The summed E-state index contributed by atoms with van der Waals surface area (Å²) in [4.78, 5) is 0. The highest BCUT2D eigenvalue weighted by atomic mass is 35.5. The van der Waals surface area contributed by atoms with E-state index in [1.807, 2.05) is 20.8 Å². The average Bonchev–Trinajstić information content (AvgIpc) is 2.27. The van der Waals surface area contributed by atoms with Crippen molar-refractivity contribution in [1.29, 1.82) is 0 Å². The minimum Gasteiger partial charge on any atom is -0.374 e. The topological polar surface area (TPSA) is 27.7 Å². The van der Waals surface area contributed by atoms with Crippen molar-refractivity contribution >= 4 is 29.2 Å². The van der Waals surface area contributed by atoms with E-state index >= 15 is 0 Å². The Morgan fingerprint density at radius 2 is 1.41 bits per heavy atom. The number of hydrogen-bond donors (Lipinski definition) is 0. The van der Waals surface area contributed by atoms with Crippen LogP contribution in [0.1, 0.15) is 27.2 Å². The minimum atomic E-state index is -2.47. The van der Waals surface area contributed by atoms with Crippen molar-refractivity contribution in [2.45, 2.75) is 51.3 Å². The first-order valence-electron chi connectivity index (χ1n) is 6.37. The largest absolute Gasteiger partial charge is 0.500 e. The molecule has 0 saturated heterocycles. The average molecular weight is 298 g/mol. The van der Waals surface area contributed by atoms with E-state index in [0.717, 1.165) is 12.5 Å². The Hall–Kier alpha value is 0.604. The third kappa shape index (κ3) is 6.93. The first-order valence-corrected chi connectivity index (χ1v) is 11.3. The van der Waals surface area contributed by atoms with Crippen LogP contribution in [0, 0.1) is 0 Å². The second kappa shape index (κ2) is 9.52. The summed E-state index contributed by atoms with van der Waals surface area (Å²) in [7, 11) is -2.93. The molecule has 6 heteroatoms. The van der Waals surface area contributed by atoms with Crippen LogP contribution in [0.5, 0.6) is 0 Å². The van der Waals surface area contributed by atoms with Gasteiger partial charge in [0.2, 0.25) is 0 Å². The van der Waals surface area contributed by atoms with Crippen LogP contribution in [-0.2, 0) is 13.3 Å². The Morgan fingerprint density at radius 1 is 1.00 bits per heavy atom. The second-order valence-corrected chi connectivity index (χ2v) is 10.5. The molecule has 103 valence electrons. The predicted octanol–water partition coefficient (Wildman–Crippen LogP) is 3.33. The number of halogens is 1. The molecule has 0 N–H and O–H groups in total. The smallest absolute Gasteiger partial charge is 0.374 e. The van der Waals surface area contributed by atoms with Gasteiger partial charge in [0.05, 0.1) is 8.80 Å². The molecule has 0 bridgehead atoms. The summed E-state index contributed by atoms with van der Waals surface area (Å²) < 4.78 is 17.4. The summed E-state index contributed by atoms with van der Waals surface area (Å²) in [5, 5.41) is 0.258. The van der Waals surface area contributed by atoms with Crippen LogP contribution in [0.2, 0.25) is 19.1 Å². The zero-order valence-electron chi connectivity index (χ0n) is 11.7. The lowest BCUT2D eigenvalue weighted by Crippen LogP contribution is -2.46. The van der Waals surface area contributed by atoms with Crippen molar-refractivity contribution in [1.82, 2.24) is 0 Å². The van der Waals surface area contributed by atoms with Crippen molar-refractivity contribution in [3.05, 3.63) is 0 Å². The van der Waals surface area contributed by atoms with Crippen LogP contribution in [-0.4, -0.2) is 42.4 Å². The van der Waals surface area contributed by atoms with Gasteiger partial charge in [-0.1, -0.05) is 13.1 Å². The first kappa shape index (κ1) is 17.6. The molecule has 0 heterocycles. The normalized spacial score (nSPS) is 14.3. The molecule has 0 aromatic carbocycles. The van der Waals surface area contributed by atoms with Gasteiger partial charge in [-0.2, -0.15) is 0 Å². The highest BCUT2D eigenvalue weighted by molar-refractivity contribution is 6.67. The fourth-order valence-corrected chi connectivity index (χ4v) is 5.54. The van der Waals surface area contributed by atoms with E-state index in [-0.39, 0.29) is 5.00 Å². The molecule has 0 rings (SSSR count). The van der Waals surface area contributed by atoms with E-state index < -0.39 is 17.6 Å². The van der Waals surface area contributed by atoms with E-state index in [4.69, 9.17) is 24.9 Å². The van der Waals surface area contributed by atoms with Gasteiger partial charge in [0.1, 0.15) is 0 Å². The summed E-state index contributed by atoms with van der Waals surface area (Å²) in [5.41, 5.74) is 0. The Labute approximate surface area is 114 Å².